The third kappa shape index (κ3) is 4.34. The molecule has 23 heavy (non-hydrogen) atoms. The van der Waals surface area contributed by atoms with Gasteiger partial charge in [0, 0.05) is 5.92 Å². The summed E-state index contributed by atoms with van der Waals surface area (Å²) in [6.45, 7) is 3.82. The van der Waals surface area contributed by atoms with Crippen LogP contribution in [-0.2, 0) is 20.9 Å². The Hall–Kier alpha value is -1.82. The van der Waals surface area contributed by atoms with Crippen LogP contribution in [0.25, 0.3) is 0 Å². The molecular formula is C17H21F3O3. The fourth-order valence-corrected chi connectivity index (χ4v) is 2.27. The number of hydrogen-bond acceptors (Lipinski definition) is 3. The fourth-order valence-electron chi connectivity index (χ4n) is 2.27. The molecule has 0 aromatic heterocycles. The quantitative estimate of drug-likeness (QED) is 0.553. The zero-order valence-corrected chi connectivity index (χ0v) is 13.4. The first kappa shape index (κ1) is 19.2. The second-order valence-corrected chi connectivity index (χ2v) is 5.04. The van der Waals surface area contributed by atoms with Crippen LogP contribution in [0, 0.1) is 5.92 Å². The van der Waals surface area contributed by atoms with Crippen LogP contribution in [0.1, 0.15) is 26.3 Å². The van der Waals surface area contributed by atoms with Gasteiger partial charge in [-0.1, -0.05) is 49.4 Å². The number of carbonyl (C=O) groups is 1. The fraction of sp³-hybridized carbons (Fsp3) is 0.471. The van der Waals surface area contributed by atoms with Crippen molar-refractivity contribution in [1.82, 2.24) is 0 Å². The monoisotopic (exact) mass is 330 g/mol. The Kier molecular flexibility index (Phi) is 6.81. The van der Waals surface area contributed by atoms with E-state index in [0.717, 1.165) is 0 Å². The van der Waals surface area contributed by atoms with E-state index in [1.807, 2.05) is 0 Å². The molecule has 0 bridgehead atoms. The number of hydrogen-bond donors (Lipinski definition) is 0. The number of alkyl halides is 3. The Balaban J connectivity index is 3.23. The zero-order chi connectivity index (χ0) is 17.5. The number of ether oxygens (including phenoxy) is 2. The molecule has 0 aliphatic heterocycles. The highest BCUT2D eigenvalue weighted by atomic mass is 19.4. The number of benzene rings is 1. The first-order valence-corrected chi connectivity index (χ1v) is 7.34. The maximum Gasteiger partial charge on any atom is 0.429 e. The van der Waals surface area contributed by atoms with Crippen LogP contribution in [-0.4, -0.2) is 24.4 Å². The molecule has 0 radical (unpaired) electrons. The van der Waals surface area contributed by atoms with E-state index in [1.165, 1.54) is 26.0 Å². The lowest BCUT2D eigenvalue weighted by molar-refractivity contribution is -0.291. The van der Waals surface area contributed by atoms with Gasteiger partial charge in [0.05, 0.1) is 13.2 Å². The van der Waals surface area contributed by atoms with Crippen molar-refractivity contribution in [3.63, 3.8) is 0 Å². The Morgan fingerprint density at radius 1 is 1.26 bits per heavy atom. The van der Waals surface area contributed by atoms with E-state index in [9.17, 15) is 18.0 Å². The minimum absolute atomic E-state index is 0.159. The summed E-state index contributed by atoms with van der Waals surface area (Å²) in [7, 11) is 0. The smallest absolute Gasteiger partial charge is 0.429 e. The molecule has 0 amide bonds. The molecule has 128 valence electrons. The van der Waals surface area contributed by atoms with Gasteiger partial charge in [-0.25, -0.2) is 4.79 Å². The average molecular weight is 330 g/mol. The van der Waals surface area contributed by atoms with Crippen LogP contribution in [0.5, 0.6) is 0 Å². The molecule has 0 aliphatic rings. The first-order valence-electron chi connectivity index (χ1n) is 7.34. The molecule has 6 heteroatoms. The molecule has 2 unspecified atom stereocenters. The van der Waals surface area contributed by atoms with Crippen molar-refractivity contribution in [2.75, 3.05) is 6.61 Å². The lowest BCUT2D eigenvalue weighted by Crippen LogP contribution is -2.59. The van der Waals surface area contributed by atoms with Crippen LogP contribution in [0.3, 0.4) is 0 Å². The largest absolute Gasteiger partial charge is 0.464 e. The number of esters is 1. The lowest BCUT2D eigenvalue weighted by atomic mass is 9.87. The van der Waals surface area contributed by atoms with Gasteiger partial charge in [0.2, 0.25) is 0 Å². The third-order valence-electron chi connectivity index (χ3n) is 3.43. The van der Waals surface area contributed by atoms with Crippen molar-refractivity contribution in [2.45, 2.75) is 39.2 Å². The lowest BCUT2D eigenvalue weighted by Gasteiger charge is -2.36. The molecule has 0 spiro atoms. The van der Waals surface area contributed by atoms with Crippen LogP contribution in [0.4, 0.5) is 13.2 Å². The van der Waals surface area contributed by atoms with Crippen LogP contribution in [0.15, 0.2) is 42.5 Å². The second-order valence-electron chi connectivity index (χ2n) is 5.04. The van der Waals surface area contributed by atoms with Crippen molar-refractivity contribution >= 4 is 5.97 Å². The highest BCUT2D eigenvalue weighted by Crippen LogP contribution is 2.42. The molecule has 1 rings (SSSR count). The van der Waals surface area contributed by atoms with Crippen molar-refractivity contribution < 1.29 is 27.4 Å². The molecule has 0 fully saturated rings. The van der Waals surface area contributed by atoms with Crippen molar-refractivity contribution in [1.29, 1.82) is 0 Å². The molecule has 0 heterocycles. The van der Waals surface area contributed by atoms with Crippen LogP contribution >= 0.6 is 0 Å². The number of allylic oxidation sites excluding steroid dienone is 1. The zero-order valence-electron chi connectivity index (χ0n) is 13.4. The maximum absolute atomic E-state index is 13.8. The highest BCUT2D eigenvalue weighted by Gasteiger charge is 2.65. The van der Waals surface area contributed by atoms with Gasteiger partial charge in [-0.2, -0.15) is 13.2 Å². The van der Waals surface area contributed by atoms with Crippen molar-refractivity contribution in [3.05, 3.63) is 48.0 Å². The maximum atomic E-state index is 13.8. The van der Waals surface area contributed by atoms with E-state index in [0.29, 0.717) is 5.56 Å². The Bertz CT molecular complexity index is 526. The Labute approximate surface area is 134 Å². The summed E-state index contributed by atoms with van der Waals surface area (Å²) in [6, 6.07) is 8.38. The molecule has 3 nitrogen and oxygen atoms in total. The minimum atomic E-state index is -4.91. The third-order valence-corrected chi connectivity index (χ3v) is 3.43. The summed E-state index contributed by atoms with van der Waals surface area (Å²) < 4.78 is 51.1. The van der Waals surface area contributed by atoms with Gasteiger partial charge in [-0.05, 0) is 19.4 Å². The second kappa shape index (κ2) is 8.15. The standard InChI is InChI=1S/C17H21F3O3/c1-4-9-13(3)16(17(18,19)20,15(21)22-5-2)23-12-14-10-7-6-8-11-14/h4,6-11,13H,5,12H2,1-3H3/b9-4+. The summed E-state index contributed by atoms with van der Waals surface area (Å²) >= 11 is 0. The van der Waals surface area contributed by atoms with Gasteiger partial charge in [0.15, 0.2) is 0 Å². The predicted octanol–water partition coefficient (Wildman–Crippen LogP) is 4.28. The SMILES string of the molecule is C/C=C/C(C)C(OCc1ccccc1)(C(=O)OCC)C(F)(F)F. The minimum Gasteiger partial charge on any atom is -0.464 e. The summed E-state index contributed by atoms with van der Waals surface area (Å²) in [6.07, 6.45) is -2.17. The predicted molar refractivity (Wildman–Crippen MR) is 80.6 cm³/mol. The van der Waals surface area contributed by atoms with E-state index >= 15 is 0 Å². The van der Waals surface area contributed by atoms with E-state index < -0.39 is 23.7 Å². The summed E-state index contributed by atoms with van der Waals surface area (Å²) in [5.41, 5.74) is -2.50. The molecule has 1 aromatic rings. The van der Waals surface area contributed by atoms with Gasteiger partial charge < -0.3 is 9.47 Å². The summed E-state index contributed by atoms with van der Waals surface area (Å²) in [5.74, 6) is -2.65. The van der Waals surface area contributed by atoms with Gasteiger partial charge in [0.1, 0.15) is 0 Å². The first-order chi connectivity index (χ1) is 10.8. The van der Waals surface area contributed by atoms with Gasteiger partial charge in [0.25, 0.3) is 5.60 Å². The number of carbonyl (C=O) groups excluding carboxylic acids is 1. The van der Waals surface area contributed by atoms with Crippen LogP contribution < -0.4 is 0 Å². The molecule has 1 aromatic carbocycles. The van der Waals surface area contributed by atoms with E-state index in [1.54, 1.807) is 37.3 Å². The van der Waals surface area contributed by atoms with E-state index in [-0.39, 0.29) is 13.2 Å². The summed E-state index contributed by atoms with van der Waals surface area (Å²) in [5, 5.41) is 0. The van der Waals surface area contributed by atoms with Gasteiger partial charge >= 0.3 is 12.1 Å². The van der Waals surface area contributed by atoms with Gasteiger partial charge in [-0.15, -0.1) is 0 Å². The van der Waals surface area contributed by atoms with E-state index in [2.05, 4.69) is 4.74 Å². The molecule has 0 N–H and O–H groups in total. The molecular weight excluding hydrogens is 309 g/mol. The topological polar surface area (TPSA) is 35.5 Å². The molecule has 0 saturated carbocycles. The number of rotatable bonds is 7. The Morgan fingerprint density at radius 3 is 2.35 bits per heavy atom. The van der Waals surface area contributed by atoms with Crippen molar-refractivity contribution in [3.8, 4) is 0 Å². The highest BCUT2D eigenvalue weighted by molar-refractivity contribution is 5.81. The average Bonchev–Trinajstić information content (AvgIpc) is 2.48. The number of halogens is 3. The van der Waals surface area contributed by atoms with E-state index in [4.69, 9.17) is 4.74 Å². The Morgan fingerprint density at radius 2 is 1.87 bits per heavy atom. The summed E-state index contributed by atoms with van der Waals surface area (Å²) in [4.78, 5) is 12.1. The molecule has 0 saturated heterocycles. The molecule has 2 atom stereocenters. The molecule has 0 aliphatic carbocycles. The van der Waals surface area contributed by atoms with Crippen molar-refractivity contribution in [2.24, 2.45) is 5.92 Å². The normalized spacial score (nSPS) is 16.1. The van der Waals surface area contributed by atoms with Crippen LogP contribution in [0.2, 0.25) is 0 Å². The van der Waals surface area contributed by atoms with Gasteiger partial charge in [-0.3, -0.25) is 0 Å².